The third-order valence-electron chi connectivity index (χ3n) is 3.34. The van der Waals surface area contributed by atoms with Crippen LogP contribution < -0.4 is 4.74 Å². The minimum Gasteiger partial charge on any atom is -0.495 e. The molecule has 4 nitrogen and oxygen atoms in total. The lowest BCUT2D eigenvalue weighted by Crippen LogP contribution is -2.35. The van der Waals surface area contributed by atoms with Crippen molar-refractivity contribution in [3.05, 3.63) is 22.7 Å². The number of rotatable bonds is 3. The predicted molar refractivity (Wildman–Crippen MR) is 75.4 cm³/mol. The summed E-state index contributed by atoms with van der Waals surface area (Å²) in [6, 6.07) is 3.17. The first-order valence-corrected chi connectivity index (χ1v) is 8.13. The van der Waals surface area contributed by atoms with E-state index in [9.17, 15) is 8.42 Å². The van der Waals surface area contributed by atoms with E-state index in [1.165, 1.54) is 17.5 Å². The minimum atomic E-state index is -3.53. The Hall–Kier alpha value is -0.780. The number of methoxy groups -OCH3 is 1. The van der Waals surface area contributed by atoms with E-state index in [1.54, 1.807) is 13.0 Å². The van der Waals surface area contributed by atoms with Crippen LogP contribution in [0.3, 0.4) is 0 Å². The van der Waals surface area contributed by atoms with Crippen molar-refractivity contribution in [1.82, 2.24) is 4.31 Å². The third kappa shape index (κ3) is 2.88. The Kier molecular flexibility index (Phi) is 4.38. The Morgan fingerprint density at radius 1 is 1.21 bits per heavy atom. The maximum atomic E-state index is 12.7. The van der Waals surface area contributed by atoms with E-state index < -0.39 is 10.0 Å². The SMILES string of the molecule is COc1c(C)cc(Cl)cc1S(=O)(=O)N1CCCCC1. The van der Waals surface area contributed by atoms with E-state index in [4.69, 9.17) is 16.3 Å². The third-order valence-corrected chi connectivity index (χ3v) is 5.46. The van der Waals surface area contributed by atoms with Crippen LogP contribution in [0.25, 0.3) is 0 Å². The van der Waals surface area contributed by atoms with Crippen LogP contribution in [-0.2, 0) is 10.0 Å². The highest BCUT2D eigenvalue weighted by molar-refractivity contribution is 7.89. The van der Waals surface area contributed by atoms with Gasteiger partial charge >= 0.3 is 0 Å². The van der Waals surface area contributed by atoms with E-state index in [0.29, 0.717) is 23.9 Å². The zero-order valence-electron chi connectivity index (χ0n) is 11.1. The topological polar surface area (TPSA) is 46.6 Å². The quantitative estimate of drug-likeness (QED) is 0.862. The first kappa shape index (κ1) is 14.6. The van der Waals surface area contributed by atoms with E-state index in [-0.39, 0.29) is 4.90 Å². The Balaban J connectivity index is 2.50. The Morgan fingerprint density at radius 2 is 1.84 bits per heavy atom. The lowest BCUT2D eigenvalue weighted by Gasteiger charge is -2.27. The van der Waals surface area contributed by atoms with Gasteiger partial charge in [0.1, 0.15) is 10.6 Å². The van der Waals surface area contributed by atoms with Gasteiger partial charge in [0.25, 0.3) is 0 Å². The van der Waals surface area contributed by atoms with Crippen LogP contribution in [0.2, 0.25) is 5.02 Å². The Bertz CT molecular complexity index is 565. The van der Waals surface area contributed by atoms with Crippen LogP contribution in [0.1, 0.15) is 24.8 Å². The number of aryl methyl sites for hydroxylation is 1. The fourth-order valence-corrected chi connectivity index (χ4v) is 4.51. The van der Waals surface area contributed by atoms with E-state index in [1.807, 2.05) is 0 Å². The molecule has 19 heavy (non-hydrogen) atoms. The molecule has 0 unspecified atom stereocenters. The molecule has 1 saturated heterocycles. The van der Waals surface area contributed by atoms with Crippen molar-refractivity contribution in [1.29, 1.82) is 0 Å². The highest BCUT2D eigenvalue weighted by Gasteiger charge is 2.29. The highest BCUT2D eigenvalue weighted by atomic mass is 35.5. The second-order valence-electron chi connectivity index (χ2n) is 4.72. The van der Waals surface area contributed by atoms with Crippen LogP contribution in [0.15, 0.2) is 17.0 Å². The smallest absolute Gasteiger partial charge is 0.246 e. The molecule has 0 radical (unpaired) electrons. The molecule has 0 aromatic heterocycles. The molecule has 0 aliphatic carbocycles. The summed E-state index contributed by atoms with van der Waals surface area (Å²) in [6.45, 7) is 2.92. The minimum absolute atomic E-state index is 0.168. The number of sulfonamides is 1. The van der Waals surface area contributed by atoms with Gasteiger partial charge in [-0.3, -0.25) is 0 Å². The predicted octanol–water partition coefficient (Wildman–Crippen LogP) is 2.83. The van der Waals surface area contributed by atoms with Crippen LogP contribution in [0.5, 0.6) is 5.75 Å². The van der Waals surface area contributed by atoms with Crippen molar-refractivity contribution in [3.63, 3.8) is 0 Å². The molecule has 1 aliphatic heterocycles. The average molecular weight is 304 g/mol. The molecule has 1 aliphatic rings. The molecular formula is C13H18ClNO3S. The molecular weight excluding hydrogens is 286 g/mol. The fourth-order valence-electron chi connectivity index (χ4n) is 2.40. The van der Waals surface area contributed by atoms with E-state index in [2.05, 4.69) is 0 Å². The molecule has 6 heteroatoms. The second kappa shape index (κ2) is 5.69. The maximum absolute atomic E-state index is 12.7. The van der Waals surface area contributed by atoms with Gasteiger partial charge in [-0.1, -0.05) is 18.0 Å². The first-order valence-electron chi connectivity index (χ1n) is 6.31. The molecule has 0 atom stereocenters. The summed E-state index contributed by atoms with van der Waals surface area (Å²) in [6.07, 6.45) is 2.89. The molecule has 0 saturated carbocycles. The average Bonchev–Trinajstić information content (AvgIpc) is 2.39. The van der Waals surface area contributed by atoms with Crippen LogP contribution in [0.4, 0.5) is 0 Å². The summed E-state index contributed by atoms with van der Waals surface area (Å²) in [5.74, 6) is 0.384. The van der Waals surface area contributed by atoms with Gasteiger partial charge in [0.2, 0.25) is 10.0 Å². The maximum Gasteiger partial charge on any atom is 0.246 e. The fraction of sp³-hybridized carbons (Fsp3) is 0.538. The zero-order valence-corrected chi connectivity index (χ0v) is 12.7. The monoisotopic (exact) mass is 303 g/mol. The van der Waals surface area contributed by atoms with Gasteiger partial charge in [0.05, 0.1) is 7.11 Å². The number of piperidine rings is 1. The molecule has 0 N–H and O–H groups in total. The molecule has 0 bridgehead atoms. The number of nitrogens with zero attached hydrogens (tertiary/aromatic N) is 1. The standard InChI is InChI=1S/C13H18ClNO3S/c1-10-8-11(14)9-12(13(10)18-2)19(16,17)15-6-4-3-5-7-15/h8-9H,3-7H2,1-2H3. The first-order chi connectivity index (χ1) is 8.96. The summed E-state index contributed by atoms with van der Waals surface area (Å²) in [4.78, 5) is 0.168. The summed E-state index contributed by atoms with van der Waals surface area (Å²) in [7, 11) is -2.05. The van der Waals surface area contributed by atoms with Crippen molar-refractivity contribution >= 4 is 21.6 Å². The molecule has 1 fully saturated rings. The van der Waals surface area contributed by atoms with Crippen molar-refractivity contribution in [2.24, 2.45) is 0 Å². The largest absolute Gasteiger partial charge is 0.495 e. The molecule has 0 spiro atoms. The highest BCUT2D eigenvalue weighted by Crippen LogP contribution is 2.33. The molecule has 1 aromatic rings. The summed E-state index contributed by atoms with van der Waals surface area (Å²) in [5, 5.41) is 0.411. The van der Waals surface area contributed by atoms with Crippen LogP contribution >= 0.6 is 11.6 Å². The van der Waals surface area contributed by atoms with Crippen molar-refractivity contribution in [2.75, 3.05) is 20.2 Å². The van der Waals surface area contributed by atoms with Gasteiger partial charge < -0.3 is 4.74 Å². The van der Waals surface area contributed by atoms with E-state index >= 15 is 0 Å². The Labute approximate surface area is 119 Å². The molecule has 0 amide bonds. The number of ether oxygens (including phenoxy) is 1. The van der Waals surface area contributed by atoms with Crippen molar-refractivity contribution in [3.8, 4) is 5.75 Å². The van der Waals surface area contributed by atoms with Crippen molar-refractivity contribution in [2.45, 2.75) is 31.1 Å². The summed E-state index contributed by atoms with van der Waals surface area (Å²) >= 11 is 5.99. The lowest BCUT2D eigenvalue weighted by atomic mass is 10.2. The number of hydrogen-bond donors (Lipinski definition) is 0. The number of benzene rings is 1. The Morgan fingerprint density at radius 3 is 2.42 bits per heavy atom. The van der Waals surface area contributed by atoms with Gasteiger partial charge in [-0.15, -0.1) is 0 Å². The van der Waals surface area contributed by atoms with Gasteiger partial charge in [-0.25, -0.2) is 8.42 Å². The molecule has 1 aromatic carbocycles. The number of hydrogen-bond acceptors (Lipinski definition) is 3. The molecule has 1 heterocycles. The van der Waals surface area contributed by atoms with Crippen molar-refractivity contribution < 1.29 is 13.2 Å². The van der Waals surface area contributed by atoms with Gasteiger partial charge in [-0.05, 0) is 37.5 Å². The lowest BCUT2D eigenvalue weighted by molar-refractivity contribution is 0.342. The molecule has 106 valence electrons. The van der Waals surface area contributed by atoms with Gasteiger partial charge in [0.15, 0.2) is 0 Å². The second-order valence-corrected chi connectivity index (χ2v) is 7.06. The summed E-state index contributed by atoms with van der Waals surface area (Å²) in [5.41, 5.74) is 0.727. The van der Waals surface area contributed by atoms with Crippen LogP contribution in [0, 0.1) is 6.92 Å². The molecule has 2 rings (SSSR count). The van der Waals surface area contributed by atoms with Crippen LogP contribution in [-0.4, -0.2) is 32.9 Å². The van der Waals surface area contributed by atoms with Gasteiger partial charge in [-0.2, -0.15) is 4.31 Å². The van der Waals surface area contributed by atoms with E-state index in [0.717, 1.165) is 24.8 Å². The zero-order chi connectivity index (χ0) is 14.0. The van der Waals surface area contributed by atoms with Gasteiger partial charge in [0, 0.05) is 18.1 Å². The number of halogens is 1. The summed E-state index contributed by atoms with van der Waals surface area (Å²) < 4.78 is 32.1. The normalized spacial score (nSPS) is 17.4.